The van der Waals surface area contributed by atoms with Crippen LogP contribution in [0.1, 0.15) is 77.8 Å². The summed E-state index contributed by atoms with van der Waals surface area (Å²) < 4.78 is 4.90. The van der Waals surface area contributed by atoms with Gasteiger partial charge < -0.3 is 30.5 Å². The number of amides is 3. The van der Waals surface area contributed by atoms with Gasteiger partial charge in [-0.05, 0) is 42.9 Å². The molecule has 0 spiro atoms. The Kier molecular flexibility index (Phi) is 12.7. The van der Waals surface area contributed by atoms with E-state index >= 15 is 0 Å². The molecule has 1 aliphatic heterocycles. The highest BCUT2D eigenvalue weighted by atomic mass is 35.5. The third-order valence-electron chi connectivity index (χ3n) is 6.64. The third-order valence-corrected chi connectivity index (χ3v) is 6.90. The fourth-order valence-corrected chi connectivity index (χ4v) is 4.64. The van der Waals surface area contributed by atoms with Crippen LogP contribution < -0.4 is 10.6 Å². The lowest BCUT2D eigenvalue weighted by Crippen LogP contribution is -2.58. The third kappa shape index (κ3) is 10.1. The Bertz CT molecular complexity index is 980. The van der Waals surface area contributed by atoms with Gasteiger partial charge in [-0.3, -0.25) is 19.2 Å². The van der Waals surface area contributed by atoms with Crippen LogP contribution in [0.15, 0.2) is 24.3 Å². The van der Waals surface area contributed by atoms with Gasteiger partial charge in [0.05, 0.1) is 25.4 Å². The van der Waals surface area contributed by atoms with Crippen molar-refractivity contribution >= 4 is 35.3 Å². The number of benzene rings is 1. The lowest BCUT2D eigenvalue weighted by atomic mass is 9.85. The molecule has 0 bridgehead atoms. The van der Waals surface area contributed by atoms with Crippen molar-refractivity contribution in [3.8, 4) is 0 Å². The van der Waals surface area contributed by atoms with Crippen molar-refractivity contribution in [2.75, 3.05) is 19.8 Å². The maximum absolute atomic E-state index is 13.7. The normalized spacial score (nSPS) is 18.8. The van der Waals surface area contributed by atoms with Gasteiger partial charge in [0.1, 0.15) is 12.1 Å². The predicted octanol–water partition coefficient (Wildman–Crippen LogP) is 2.50. The summed E-state index contributed by atoms with van der Waals surface area (Å²) in [4.78, 5) is 52.4. The molecule has 1 fully saturated rings. The van der Waals surface area contributed by atoms with E-state index < -0.39 is 41.5 Å². The first-order chi connectivity index (χ1) is 18.4. The highest BCUT2D eigenvalue weighted by molar-refractivity contribution is 6.30. The van der Waals surface area contributed by atoms with Gasteiger partial charge in [0.25, 0.3) is 0 Å². The van der Waals surface area contributed by atoms with Crippen molar-refractivity contribution in [2.45, 2.75) is 90.4 Å². The molecule has 10 nitrogen and oxygen atoms in total. The van der Waals surface area contributed by atoms with Gasteiger partial charge >= 0.3 is 5.97 Å². The first-order valence-corrected chi connectivity index (χ1v) is 13.8. The molecule has 1 aliphatic rings. The molecule has 1 aromatic rings. The van der Waals surface area contributed by atoms with Crippen LogP contribution in [-0.4, -0.2) is 76.7 Å². The second-order valence-electron chi connectivity index (χ2n) is 10.9. The Morgan fingerprint density at radius 2 is 1.72 bits per heavy atom. The smallest absolute Gasteiger partial charge is 0.305 e. The molecular weight excluding hydrogens is 526 g/mol. The van der Waals surface area contributed by atoms with Crippen LogP contribution >= 0.6 is 11.6 Å². The van der Waals surface area contributed by atoms with E-state index in [0.717, 1.165) is 0 Å². The summed E-state index contributed by atoms with van der Waals surface area (Å²) in [6.45, 7) is 7.14. The van der Waals surface area contributed by atoms with Crippen LogP contribution in [0.3, 0.4) is 0 Å². The number of halogens is 1. The molecule has 1 unspecified atom stereocenters. The van der Waals surface area contributed by atoms with Gasteiger partial charge in [-0.1, -0.05) is 50.9 Å². The quantitative estimate of drug-likeness (QED) is 0.212. The van der Waals surface area contributed by atoms with Gasteiger partial charge in [0.15, 0.2) is 0 Å². The maximum Gasteiger partial charge on any atom is 0.305 e. The van der Waals surface area contributed by atoms with Gasteiger partial charge in [0.2, 0.25) is 17.7 Å². The zero-order chi connectivity index (χ0) is 29.2. The molecule has 0 aliphatic carbocycles. The summed E-state index contributed by atoms with van der Waals surface area (Å²) in [7, 11) is 0. The van der Waals surface area contributed by atoms with E-state index in [1.54, 1.807) is 31.2 Å². The lowest BCUT2D eigenvalue weighted by Gasteiger charge is -2.35. The van der Waals surface area contributed by atoms with Crippen molar-refractivity contribution in [3.05, 3.63) is 34.9 Å². The van der Waals surface area contributed by atoms with Crippen LogP contribution in [0, 0.1) is 5.41 Å². The molecule has 1 aromatic carbocycles. The summed E-state index contributed by atoms with van der Waals surface area (Å²) in [5, 5.41) is 26.3. The van der Waals surface area contributed by atoms with Gasteiger partial charge in [-0.15, -0.1) is 0 Å². The van der Waals surface area contributed by atoms with E-state index in [1.165, 1.54) is 4.90 Å². The van der Waals surface area contributed by atoms with Gasteiger partial charge in [-0.25, -0.2) is 0 Å². The SMILES string of the molecule is CCOC(=O)CCCCCC(=O)NC(C(=O)N1C[C@H](O)C[C@H]1C(=O)N[C@@H](CO)c1ccc(Cl)cc1)C(C)(C)C. The Balaban J connectivity index is 2.03. The molecule has 0 radical (unpaired) electrons. The number of likely N-dealkylation sites (tertiary alicyclic amines) is 1. The van der Waals surface area contributed by atoms with Crippen molar-refractivity contribution in [2.24, 2.45) is 5.41 Å². The molecule has 2 rings (SSSR count). The second kappa shape index (κ2) is 15.2. The zero-order valence-electron chi connectivity index (χ0n) is 23.2. The minimum Gasteiger partial charge on any atom is -0.466 e. The summed E-state index contributed by atoms with van der Waals surface area (Å²) in [6.07, 6.45) is 1.46. The van der Waals surface area contributed by atoms with E-state index in [-0.39, 0.29) is 37.9 Å². The van der Waals surface area contributed by atoms with E-state index in [0.29, 0.717) is 42.9 Å². The minimum atomic E-state index is -0.960. The van der Waals surface area contributed by atoms with E-state index in [9.17, 15) is 29.4 Å². The van der Waals surface area contributed by atoms with E-state index in [2.05, 4.69) is 10.6 Å². The monoisotopic (exact) mass is 567 g/mol. The van der Waals surface area contributed by atoms with Crippen molar-refractivity contribution < 1.29 is 34.1 Å². The Morgan fingerprint density at radius 3 is 2.31 bits per heavy atom. The second-order valence-corrected chi connectivity index (χ2v) is 11.4. The first kappa shape index (κ1) is 32.5. The Labute approximate surface area is 235 Å². The molecule has 0 saturated carbocycles. The van der Waals surface area contributed by atoms with Gasteiger partial charge in [0, 0.05) is 30.8 Å². The number of carbonyl (C=O) groups is 4. The summed E-state index contributed by atoms with van der Waals surface area (Å²) in [5.41, 5.74) is -0.0175. The molecular formula is C28H42ClN3O7. The molecule has 11 heteroatoms. The molecule has 1 heterocycles. The number of ether oxygens (including phenoxy) is 1. The fraction of sp³-hybridized carbons (Fsp3) is 0.643. The molecule has 39 heavy (non-hydrogen) atoms. The lowest BCUT2D eigenvalue weighted by molar-refractivity contribution is -0.144. The highest BCUT2D eigenvalue weighted by Gasteiger charge is 2.44. The summed E-state index contributed by atoms with van der Waals surface area (Å²) in [5.74, 6) is -1.52. The summed E-state index contributed by atoms with van der Waals surface area (Å²) >= 11 is 5.94. The van der Waals surface area contributed by atoms with Crippen LogP contribution in [0.2, 0.25) is 5.02 Å². The topological polar surface area (TPSA) is 145 Å². The average molecular weight is 568 g/mol. The van der Waals surface area contributed by atoms with Crippen LogP contribution in [0.5, 0.6) is 0 Å². The number of nitrogens with one attached hydrogen (secondary N) is 2. The van der Waals surface area contributed by atoms with Crippen molar-refractivity contribution in [1.82, 2.24) is 15.5 Å². The molecule has 4 N–H and O–H groups in total. The number of hydrogen-bond donors (Lipinski definition) is 4. The predicted molar refractivity (Wildman–Crippen MR) is 147 cm³/mol. The largest absolute Gasteiger partial charge is 0.466 e. The van der Waals surface area contributed by atoms with Gasteiger partial charge in [-0.2, -0.15) is 0 Å². The number of esters is 1. The maximum atomic E-state index is 13.7. The average Bonchev–Trinajstić information content (AvgIpc) is 3.27. The van der Waals surface area contributed by atoms with Crippen molar-refractivity contribution in [3.63, 3.8) is 0 Å². The van der Waals surface area contributed by atoms with Crippen LogP contribution in [0.25, 0.3) is 0 Å². The molecule has 1 saturated heterocycles. The minimum absolute atomic E-state index is 0.0433. The number of hydrogen-bond acceptors (Lipinski definition) is 7. The number of aliphatic hydroxyl groups is 2. The highest BCUT2D eigenvalue weighted by Crippen LogP contribution is 2.27. The molecule has 3 amide bonds. The van der Waals surface area contributed by atoms with Crippen LogP contribution in [-0.2, 0) is 23.9 Å². The van der Waals surface area contributed by atoms with E-state index in [1.807, 2.05) is 20.8 Å². The Morgan fingerprint density at radius 1 is 1.08 bits per heavy atom. The number of aliphatic hydroxyl groups excluding tert-OH is 2. The molecule has 0 aromatic heterocycles. The van der Waals surface area contributed by atoms with Crippen LogP contribution in [0.4, 0.5) is 0 Å². The molecule has 218 valence electrons. The van der Waals surface area contributed by atoms with E-state index in [4.69, 9.17) is 16.3 Å². The molecule has 4 atom stereocenters. The standard InChI is InChI=1S/C28H42ClN3O7/c1-5-39-24(36)10-8-6-7-9-23(35)31-25(28(2,3)4)27(38)32-16-20(34)15-22(32)26(37)30-21(17-33)18-11-13-19(29)14-12-18/h11-14,20-22,25,33-34H,5-10,15-17H2,1-4H3,(H,30,37)(H,31,35)/t20-,21+,22+,25?/m1/s1. The number of carbonyl (C=O) groups excluding carboxylic acids is 4. The first-order valence-electron chi connectivity index (χ1n) is 13.5. The Hall–Kier alpha value is -2.69. The van der Waals surface area contributed by atoms with Crippen molar-refractivity contribution in [1.29, 1.82) is 0 Å². The number of nitrogens with zero attached hydrogens (tertiary/aromatic N) is 1. The zero-order valence-corrected chi connectivity index (χ0v) is 24.0. The fourth-order valence-electron chi connectivity index (χ4n) is 4.52. The number of unbranched alkanes of at least 4 members (excludes halogenated alkanes) is 2. The number of β-amino-alcohol motifs (C(OH)–C–C–N with tert-alkyl or cyclic N) is 1. The summed E-state index contributed by atoms with van der Waals surface area (Å²) in [6, 6.07) is 4.09. The number of rotatable bonds is 13.